The van der Waals surface area contributed by atoms with E-state index in [4.69, 9.17) is 22.7 Å². The SMILES string of the molecule is N#CC(C#N)/C=C1/SC(=S)NC1=O. The predicted octanol–water partition coefficient (Wildman–Crippen LogP) is 0.682. The van der Waals surface area contributed by atoms with Gasteiger partial charge in [0.25, 0.3) is 5.91 Å². The lowest BCUT2D eigenvalue weighted by molar-refractivity contribution is -0.115. The number of carbonyl (C=O) groups is 1. The second kappa shape index (κ2) is 4.04. The van der Waals surface area contributed by atoms with Gasteiger partial charge in [0.2, 0.25) is 0 Å². The molecule has 0 aromatic heterocycles. The third-order valence-electron chi connectivity index (χ3n) is 1.24. The summed E-state index contributed by atoms with van der Waals surface area (Å²) in [7, 11) is 0. The number of nitriles is 2. The quantitative estimate of drug-likeness (QED) is 0.507. The molecule has 1 aliphatic heterocycles. The van der Waals surface area contributed by atoms with Crippen molar-refractivity contribution in [1.29, 1.82) is 10.5 Å². The summed E-state index contributed by atoms with van der Waals surface area (Å²) in [6, 6.07) is 3.48. The Balaban J connectivity index is 2.85. The Kier molecular flexibility index (Phi) is 3.02. The molecule has 64 valence electrons. The summed E-state index contributed by atoms with van der Waals surface area (Å²) < 4.78 is 0.353. The first-order valence-corrected chi connectivity index (χ1v) is 4.44. The van der Waals surface area contributed by atoms with Crippen LogP contribution in [0.4, 0.5) is 0 Å². The number of hydrogen-bond donors (Lipinski definition) is 1. The minimum absolute atomic E-state index is 0.318. The molecule has 0 aromatic carbocycles. The highest BCUT2D eigenvalue weighted by Crippen LogP contribution is 2.24. The molecule has 0 aromatic rings. The Morgan fingerprint density at radius 2 is 2.15 bits per heavy atom. The molecule has 13 heavy (non-hydrogen) atoms. The summed E-state index contributed by atoms with van der Waals surface area (Å²) >= 11 is 5.79. The third-order valence-corrected chi connectivity index (χ3v) is 2.42. The Labute approximate surface area is 84.2 Å². The van der Waals surface area contributed by atoms with Crippen LogP contribution in [0.1, 0.15) is 0 Å². The molecule has 0 saturated carbocycles. The Morgan fingerprint density at radius 3 is 2.54 bits per heavy atom. The maximum atomic E-state index is 11.0. The number of thiocarbonyl (C=S) groups is 1. The maximum Gasteiger partial charge on any atom is 0.263 e. The van der Waals surface area contributed by atoms with Crippen LogP contribution in [0.2, 0.25) is 0 Å². The number of thioether (sulfide) groups is 1. The van der Waals surface area contributed by atoms with E-state index in [0.29, 0.717) is 9.23 Å². The van der Waals surface area contributed by atoms with Crippen LogP contribution in [0, 0.1) is 28.6 Å². The molecule has 0 aliphatic carbocycles. The highest BCUT2D eigenvalue weighted by Gasteiger charge is 2.23. The normalized spacial score (nSPS) is 18.5. The molecule has 0 radical (unpaired) electrons. The van der Waals surface area contributed by atoms with Crippen molar-refractivity contribution < 1.29 is 4.79 Å². The van der Waals surface area contributed by atoms with Crippen molar-refractivity contribution in [1.82, 2.24) is 5.32 Å². The summed E-state index contributed by atoms with van der Waals surface area (Å²) in [5.74, 6) is -1.24. The fourth-order valence-electron chi connectivity index (χ4n) is 0.691. The summed E-state index contributed by atoms with van der Waals surface area (Å²) in [5.41, 5.74) is 0. The fourth-order valence-corrected chi connectivity index (χ4v) is 1.74. The molecule has 1 rings (SSSR count). The van der Waals surface area contributed by atoms with Crippen molar-refractivity contribution in [3.8, 4) is 12.1 Å². The van der Waals surface area contributed by atoms with E-state index in [1.54, 1.807) is 12.1 Å². The monoisotopic (exact) mass is 209 g/mol. The van der Waals surface area contributed by atoms with Gasteiger partial charge in [0.05, 0.1) is 17.0 Å². The van der Waals surface area contributed by atoms with Crippen molar-refractivity contribution in [3.63, 3.8) is 0 Å². The molecule has 1 heterocycles. The van der Waals surface area contributed by atoms with Gasteiger partial charge in [-0.2, -0.15) is 10.5 Å². The van der Waals surface area contributed by atoms with Gasteiger partial charge in [-0.15, -0.1) is 0 Å². The van der Waals surface area contributed by atoms with Gasteiger partial charge in [0.1, 0.15) is 4.32 Å². The van der Waals surface area contributed by atoms with Crippen LogP contribution in [0.5, 0.6) is 0 Å². The van der Waals surface area contributed by atoms with Gasteiger partial charge in [-0.3, -0.25) is 4.79 Å². The average molecular weight is 209 g/mol. The van der Waals surface area contributed by atoms with Gasteiger partial charge in [-0.25, -0.2) is 0 Å². The standard InChI is InChI=1S/C7H3N3OS2/c8-2-4(3-9)1-5-6(11)10-7(12)13-5/h1,4H,(H,10,11,12)/b5-1+. The number of nitrogens with zero attached hydrogens (tertiary/aromatic N) is 2. The summed E-state index contributed by atoms with van der Waals surface area (Å²) in [6.45, 7) is 0. The third kappa shape index (κ3) is 2.28. The molecule has 4 nitrogen and oxygen atoms in total. The molecular weight excluding hydrogens is 206 g/mol. The van der Waals surface area contributed by atoms with Gasteiger partial charge < -0.3 is 5.32 Å². The number of nitrogens with one attached hydrogen (secondary N) is 1. The van der Waals surface area contributed by atoms with Crippen LogP contribution in [-0.2, 0) is 4.79 Å². The van der Waals surface area contributed by atoms with Crippen molar-refractivity contribution in [2.75, 3.05) is 0 Å². The van der Waals surface area contributed by atoms with E-state index >= 15 is 0 Å². The second-order valence-corrected chi connectivity index (χ2v) is 3.83. The van der Waals surface area contributed by atoms with E-state index in [0.717, 1.165) is 11.8 Å². The van der Waals surface area contributed by atoms with Crippen LogP contribution >= 0.6 is 24.0 Å². The number of rotatable bonds is 1. The van der Waals surface area contributed by atoms with Crippen LogP contribution in [-0.4, -0.2) is 10.2 Å². The Hall–Kier alpha value is -1.37. The molecule has 1 saturated heterocycles. The van der Waals surface area contributed by atoms with E-state index < -0.39 is 5.92 Å². The van der Waals surface area contributed by atoms with Crippen molar-refractivity contribution in [2.45, 2.75) is 0 Å². The minimum atomic E-state index is -0.894. The number of hydrogen-bond acceptors (Lipinski definition) is 5. The lowest BCUT2D eigenvalue weighted by Crippen LogP contribution is -2.17. The second-order valence-electron chi connectivity index (χ2n) is 2.11. The molecule has 1 N–H and O–H groups in total. The van der Waals surface area contributed by atoms with Crippen LogP contribution in [0.3, 0.4) is 0 Å². The van der Waals surface area contributed by atoms with E-state index in [2.05, 4.69) is 5.32 Å². The van der Waals surface area contributed by atoms with E-state index in [1.807, 2.05) is 0 Å². The lowest BCUT2D eigenvalue weighted by atomic mass is 10.2. The first-order valence-electron chi connectivity index (χ1n) is 3.21. The molecule has 1 fully saturated rings. The van der Waals surface area contributed by atoms with Gasteiger partial charge in [-0.1, -0.05) is 24.0 Å². The van der Waals surface area contributed by atoms with Crippen molar-refractivity contribution >= 4 is 34.2 Å². The zero-order valence-corrected chi connectivity index (χ0v) is 7.91. The van der Waals surface area contributed by atoms with Crippen LogP contribution in [0.15, 0.2) is 11.0 Å². The zero-order chi connectivity index (χ0) is 9.84. The van der Waals surface area contributed by atoms with Gasteiger partial charge >= 0.3 is 0 Å². The highest BCUT2D eigenvalue weighted by molar-refractivity contribution is 8.26. The van der Waals surface area contributed by atoms with Gasteiger partial charge in [0.15, 0.2) is 5.92 Å². The molecule has 1 amide bonds. The van der Waals surface area contributed by atoms with Crippen LogP contribution in [0.25, 0.3) is 0 Å². The predicted molar refractivity (Wildman–Crippen MR) is 51.1 cm³/mol. The molecule has 1 aliphatic rings. The van der Waals surface area contributed by atoms with Gasteiger partial charge in [-0.05, 0) is 6.08 Å². The number of carbonyl (C=O) groups excluding carboxylic acids is 1. The molecular formula is C7H3N3OS2. The van der Waals surface area contributed by atoms with Crippen molar-refractivity contribution in [3.05, 3.63) is 11.0 Å². The fraction of sp³-hybridized carbons (Fsp3) is 0.143. The highest BCUT2D eigenvalue weighted by atomic mass is 32.2. The first kappa shape index (κ1) is 9.72. The summed E-state index contributed by atoms with van der Waals surface area (Å²) in [4.78, 5) is 11.4. The summed E-state index contributed by atoms with van der Waals surface area (Å²) in [5, 5.41) is 19.3. The smallest absolute Gasteiger partial charge is 0.263 e. The number of allylic oxidation sites excluding steroid dienone is 1. The maximum absolute atomic E-state index is 11.0. The number of amides is 1. The van der Waals surface area contributed by atoms with Gasteiger partial charge in [0, 0.05) is 0 Å². The van der Waals surface area contributed by atoms with E-state index in [1.165, 1.54) is 6.08 Å². The summed E-state index contributed by atoms with van der Waals surface area (Å²) in [6.07, 6.45) is 1.30. The van der Waals surface area contributed by atoms with Crippen molar-refractivity contribution in [2.24, 2.45) is 5.92 Å². The Morgan fingerprint density at radius 1 is 1.54 bits per heavy atom. The lowest BCUT2D eigenvalue weighted by Gasteiger charge is -1.90. The van der Waals surface area contributed by atoms with E-state index in [9.17, 15) is 4.79 Å². The average Bonchev–Trinajstić information content (AvgIpc) is 2.41. The Bertz CT molecular complexity index is 360. The first-order chi connectivity index (χ1) is 6.17. The molecule has 0 unspecified atom stereocenters. The van der Waals surface area contributed by atoms with Crippen LogP contribution < -0.4 is 5.32 Å². The largest absolute Gasteiger partial charge is 0.307 e. The topological polar surface area (TPSA) is 76.7 Å². The molecule has 0 atom stereocenters. The van der Waals surface area contributed by atoms with E-state index in [-0.39, 0.29) is 5.91 Å². The molecule has 0 spiro atoms. The zero-order valence-electron chi connectivity index (χ0n) is 6.27. The molecule has 0 bridgehead atoms. The molecule has 6 heteroatoms. The minimum Gasteiger partial charge on any atom is -0.307 e.